The Bertz CT molecular complexity index is 1000. The first kappa shape index (κ1) is 18.4. The van der Waals surface area contributed by atoms with Gasteiger partial charge < -0.3 is 19.0 Å². The maximum Gasteiger partial charge on any atom is 0.227 e. The number of amides is 1. The second-order valence-electron chi connectivity index (χ2n) is 7.39. The van der Waals surface area contributed by atoms with Crippen molar-refractivity contribution < 1.29 is 13.9 Å². The van der Waals surface area contributed by atoms with Crippen molar-refractivity contribution >= 4 is 22.6 Å². The van der Waals surface area contributed by atoms with E-state index in [9.17, 15) is 4.79 Å². The van der Waals surface area contributed by atoms with Crippen LogP contribution in [0.25, 0.3) is 11.0 Å². The Hall–Kier alpha value is -2.95. The number of anilines is 1. The molecule has 0 saturated carbocycles. The van der Waals surface area contributed by atoms with Crippen LogP contribution < -0.4 is 9.64 Å². The van der Waals surface area contributed by atoms with Crippen LogP contribution >= 0.6 is 0 Å². The lowest BCUT2D eigenvalue weighted by atomic mass is 10.1. The average molecular weight is 378 g/mol. The Kier molecular flexibility index (Phi) is 4.99. The van der Waals surface area contributed by atoms with Crippen molar-refractivity contribution in [2.75, 3.05) is 38.2 Å². The first-order chi connectivity index (χ1) is 13.6. The van der Waals surface area contributed by atoms with Crippen molar-refractivity contribution in [1.29, 1.82) is 0 Å². The highest BCUT2D eigenvalue weighted by Crippen LogP contribution is 2.27. The zero-order valence-electron chi connectivity index (χ0n) is 16.7. The van der Waals surface area contributed by atoms with Crippen molar-refractivity contribution in [1.82, 2.24) is 4.90 Å². The monoisotopic (exact) mass is 378 g/mol. The van der Waals surface area contributed by atoms with E-state index < -0.39 is 0 Å². The van der Waals surface area contributed by atoms with Crippen molar-refractivity contribution in [2.24, 2.45) is 0 Å². The van der Waals surface area contributed by atoms with E-state index >= 15 is 0 Å². The third-order valence-electron chi connectivity index (χ3n) is 5.75. The number of aryl methyl sites for hydroxylation is 1. The van der Waals surface area contributed by atoms with Crippen LogP contribution in [0, 0.1) is 13.8 Å². The summed E-state index contributed by atoms with van der Waals surface area (Å²) in [6.45, 7) is 7.52. The van der Waals surface area contributed by atoms with Crippen LogP contribution in [-0.2, 0) is 11.2 Å². The number of nitrogens with zero attached hydrogens (tertiary/aromatic N) is 2. The molecular weight excluding hydrogens is 352 g/mol. The van der Waals surface area contributed by atoms with Crippen molar-refractivity contribution in [3.8, 4) is 5.75 Å². The van der Waals surface area contributed by atoms with Gasteiger partial charge in [0, 0.05) is 48.9 Å². The number of ether oxygens (including phenoxy) is 1. The molecule has 0 aliphatic carbocycles. The van der Waals surface area contributed by atoms with Gasteiger partial charge in [-0.3, -0.25) is 4.79 Å². The summed E-state index contributed by atoms with van der Waals surface area (Å²) in [5, 5.41) is 0.975. The summed E-state index contributed by atoms with van der Waals surface area (Å²) in [5.74, 6) is 0.904. The van der Waals surface area contributed by atoms with Crippen molar-refractivity contribution in [3.05, 3.63) is 59.4 Å². The summed E-state index contributed by atoms with van der Waals surface area (Å²) in [5.41, 5.74) is 5.59. The van der Waals surface area contributed by atoms with Crippen LogP contribution in [0.3, 0.4) is 0 Å². The summed E-state index contributed by atoms with van der Waals surface area (Å²) >= 11 is 0. The number of piperazine rings is 1. The quantitative estimate of drug-likeness (QED) is 0.690. The minimum Gasteiger partial charge on any atom is -0.497 e. The highest BCUT2D eigenvalue weighted by atomic mass is 16.5. The number of furan rings is 1. The molecule has 5 nitrogen and oxygen atoms in total. The number of benzene rings is 2. The Morgan fingerprint density at radius 3 is 2.64 bits per heavy atom. The Balaban J connectivity index is 1.41. The molecule has 1 aromatic heterocycles. The van der Waals surface area contributed by atoms with E-state index in [1.165, 1.54) is 16.8 Å². The predicted octanol–water partition coefficient (Wildman–Crippen LogP) is 3.95. The molecule has 0 N–H and O–H groups in total. The fraction of sp³-hybridized carbons (Fsp3) is 0.348. The summed E-state index contributed by atoms with van der Waals surface area (Å²) in [7, 11) is 1.63. The first-order valence-corrected chi connectivity index (χ1v) is 9.70. The van der Waals surface area contributed by atoms with Gasteiger partial charge in [0.05, 0.1) is 19.8 Å². The number of rotatable bonds is 4. The molecule has 1 aliphatic heterocycles. The molecule has 146 valence electrons. The fourth-order valence-electron chi connectivity index (χ4n) is 3.88. The van der Waals surface area contributed by atoms with Gasteiger partial charge in [-0.15, -0.1) is 0 Å². The van der Waals surface area contributed by atoms with E-state index in [2.05, 4.69) is 36.9 Å². The molecule has 3 aromatic rings. The van der Waals surface area contributed by atoms with E-state index in [4.69, 9.17) is 9.15 Å². The summed E-state index contributed by atoms with van der Waals surface area (Å²) in [6, 6.07) is 12.1. The number of hydrogen-bond donors (Lipinski definition) is 0. The Morgan fingerprint density at radius 2 is 1.89 bits per heavy atom. The highest BCUT2D eigenvalue weighted by molar-refractivity contribution is 5.88. The highest BCUT2D eigenvalue weighted by Gasteiger charge is 2.23. The Morgan fingerprint density at radius 1 is 1.11 bits per heavy atom. The third-order valence-corrected chi connectivity index (χ3v) is 5.75. The second kappa shape index (κ2) is 7.58. The smallest absolute Gasteiger partial charge is 0.227 e. The largest absolute Gasteiger partial charge is 0.497 e. The van der Waals surface area contributed by atoms with Crippen molar-refractivity contribution in [2.45, 2.75) is 20.3 Å². The van der Waals surface area contributed by atoms with E-state index in [0.717, 1.165) is 48.5 Å². The standard InChI is InChI=1S/C23H26N2O3/c1-16-5-4-6-21(17(16)2)24-9-11-25(12-10-24)23(26)13-18-15-28-22-14-19(27-3)7-8-20(18)22/h4-8,14-15H,9-13H2,1-3H3. The molecule has 1 aliphatic rings. The summed E-state index contributed by atoms with van der Waals surface area (Å²) in [4.78, 5) is 17.2. The van der Waals surface area contributed by atoms with E-state index in [-0.39, 0.29) is 5.91 Å². The number of methoxy groups -OCH3 is 1. The minimum absolute atomic E-state index is 0.152. The van der Waals surface area contributed by atoms with Crippen LogP contribution in [0.2, 0.25) is 0 Å². The second-order valence-corrected chi connectivity index (χ2v) is 7.39. The van der Waals surface area contributed by atoms with Gasteiger partial charge in [-0.1, -0.05) is 12.1 Å². The van der Waals surface area contributed by atoms with Crippen LogP contribution in [0.15, 0.2) is 47.1 Å². The topological polar surface area (TPSA) is 45.9 Å². The fourth-order valence-corrected chi connectivity index (χ4v) is 3.88. The summed E-state index contributed by atoms with van der Waals surface area (Å²) in [6.07, 6.45) is 2.05. The van der Waals surface area contributed by atoms with E-state index in [1.54, 1.807) is 13.4 Å². The van der Waals surface area contributed by atoms with Gasteiger partial charge in [0.15, 0.2) is 0 Å². The first-order valence-electron chi connectivity index (χ1n) is 9.70. The molecule has 1 amide bonds. The molecule has 0 bridgehead atoms. The maximum atomic E-state index is 12.8. The molecule has 2 heterocycles. The average Bonchev–Trinajstić information content (AvgIpc) is 3.12. The van der Waals surface area contributed by atoms with Gasteiger partial charge in [0.1, 0.15) is 11.3 Å². The summed E-state index contributed by atoms with van der Waals surface area (Å²) < 4.78 is 10.9. The third kappa shape index (κ3) is 3.44. The zero-order chi connectivity index (χ0) is 19.7. The number of fused-ring (bicyclic) bond motifs is 1. The molecule has 0 unspecified atom stereocenters. The predicted molar refractivity (Wildman–Crippen MR) is 111 cm³/mol. The van der Waals surface area contributed by atoms with E-state index in [1.807, 2.05) is 23.1 Å². The maximum absolute atomic E-state index is 12.8. The number of carbonyl (C=O) groups excluding carboxylic acids is 1. The molecule has 5 heteroatoms. The van der Waals surface area contributed by atoms with Gasteiger partial charge in [-0.2, -0.15) is 0 Å². The van der Waals surface area contributed by atoms with Gasteiger partial charge in [-0.25, -0.2) is 0 Å². The number of carbonyl (C=O) groups is 1. The Labute approximate surface area is 165 Å². The molecule has 0 spiro atoms. The lowest BCUT2D eigenvalue weighted by Gasteiger charge is -2.37. The van der Waals surface area contributed by atoms with Crippen molar-refractivity contribution in [3.63, 3.8) is 0 Å². The normalized spacial score (nSPS) is 14.5. The van der Waals surface area contributed by atoms with E-state index in [0.29, 0.717) is 6.42 Å². The number of hydrogen-bond acceptors (Lipinski definition) is 4. The van der Waals surface area contributed by atoms with Crippen LogP contribution in [0.1, 0.15) is 16.7 Å². The molecule has 2 aromatic carbocycles. The molecule has 0 atom stereocenters. The molecule has 1 fully saturated rings. The molecule has 0 radical (unpaired) electrons. The van der Waals surface area contributed by atoms with Crippen LogP contribution in [0.5, 0.6) is 5.75 Å². The lowest BCUT2D eigenvalue weighted by molar-refractivity contribution is -0.130. The molecular formula is C23H26N2O3. The van der Waals surface area contributed by atoms with Gasteiger partial charge >= 0.3 is 0 Å². The van der Waals surface area contributed by atoms with Gasteiger partial charge in [0.25, 0.3) is 0 Å². The molecule has 28 heavy (non-hydrogen) atoms. The van der Waals surface area contributed by atoms with Crippen LogP contribution in [-0.4, -0.2) is 44.1 Å². The lowest BCUT2D eigenvalue weighted by Crippen LogP contribution is -2.49. The van der Waals surface area contributed by atoms with Gasteiger partial charge in [-0.05, 0) is 43.2 Å². The SMILES string of the molecule is COc1ccc2c(CC(=O)N3CCN(c4cccc(C)c4C)CC3)coc2c1. The zero-order valence-corrected chi connectivity index (χ0v) is 16.7. The molecule has 4 rings (SSSR count). The van der Waals surface area contributed by atoms with Gasteiger partial charge in [0.2, 0.25) is 5.91 Å². The minimum atomic E-state index is 0.152. The molecule has 1 saturated heterocycles. The van der Waals surface area contributed by atoms with Crippen LogP contribution in [0.4, 0.5) is 5.69 Å².